The van der Waals surface area contributed by atoms with Gasteiger partial charge < -0.3 is 4.74 Å². The van der Waals surface area contributed by atoms with Gasteiger partial charge in [-0.05, 0) is 77.9 Å². The van der Waals surface area contributed by atoms with E-state index in [9.17, 15) is 0 Å². The van der Waals surface area contributed by atoms with Crippen LogP contribution in [-0.2, 0) is 19.4 Å². The fourth-order valence-electron chi connectivity index (χ4n) is 3.92. The Kier molecular flexibility index (Phi) is 7.18. The molecular formula is C26H28N4OS. The molecule has 0 aliphatic heterocycles. The van der Waals surface area contributed by atoms with Gasteiger partial charge in [-0.15, -0.1) is 27.5 Å². The molecule has 2 heterocycles. The molecule has 0 radical (unpaired) electrons. The van der Waals surface area contributed by atoms with Crippen LogP contribution in [0.5, 0.6) is 5.75 Å². The minimum Gasteiger partial charge on any atom is -0.489 e. The molecule has 0 bridgehead atoms. The fraction of sp³-hybridized carbons (Fsp3) is 0.346. The zero-order chi connectivity index (χ0) is 22.3. The van der Waals surface area contributed by atoms with E-state index in [0.717, 1.165) is 17.7 Å². The maximum absolute atomic E-state index is 6.12. The average molecular weight is 445 g/mol. The number of aromatic nitrogens is 4. The highest BCUT2D eigenvalue weighted by molar-refractivity contribution is 7.17. The Hall–Kier alpha value is -3.17. The van der Waals surface area contributed by atoms with Crippen LogP contribution in [0.3, 0.4) is 0 Å². The Morgan fingerprint density at radius 2 is 2.03 bits per heavy atom. The van der Waals surface area contributed by atoms with Gasteiger partial charge in [0.15, 0.2) is 5.82 Å². The maximum Gasteiger partial charge on any atom is 0.176 e. The third kappa shape index (κ3) is 5.17. The van der Waals surface area contributed by atoms with Crippen molar-refractivity contribution in [2.24, 2.45) is 0 Å². The number of nitrogens with zero attached hydrogens (tertiary/aromatic N) is 3. The Morgan fingerprint density at radius 3 is 2.75 bits per heavy atom. The quantitative estimate of drug-likeness (QED) is 0.322. The molecule has 4 aromatic rings. The van der Waals surface area contributed by atoms with Crippen LogP contribution < -0.4 is 4.74 Å². The predicted molar refractivity (Wildman–Crippen MR) is 130 cm³/mol. The first-order valence-corrected chi connectivity index (χ1v) is 11.9. The average Bonchev–Trinajstić information content (AvgIpc) is 3.46. The van der Waals surface area contributed by atoms with Crippen LogP contribution in [-0.4, -0.2) is 20.6 Å². The van der Waals surface area contributed by atoms with Crippen LogP contribution in [0.2, 0.25) is 0 Å². The van der Waals surface area contributed by atoms with Crippen LogP contribution in [0.25, 0.3) is 10.1 Å². The van der Waals surface area contributed by atoms with Gasteiger partial charge in [0.2, 0.25) is 0 Å². The minimum absolute atomic E-state index is 0.0249. The van der Waals surface area contributed by atoms with E-state index in [1.807, 2.05) is 30.4 Å². The lowest BCUT2D eigenvalue weighted by molar-refractivity contribution is 0.306. The highest BCUT2D eigenvalue weighted by Crippen LogP contribution is 2.32. The van der Waals surface area contributed by atoms with Crippen molar-refractivity contribution in [1.82, 2.24) is 20.6 Å². The molecule has 2 aromatic heterocycles. The summed E-state index contributed by atoms with van der Waals surface area (Å²) in [6.45, 7) is 6.84. The number of H-pyrrole nitrogens is 1. The third-order valence-corrected chi connectivity index (χ3v) is 6.76. The standard InChI is InChI=1S/C26H28N4OS/c1-4-6-8-22-17-32-26-18(3)13-19(14-24(22)26)16-31-23-11-9-20(10-12-23)21(7-5-2)15-25-27-29-30-28-25/h9-14,17,21H,4,6,8,15-16H2,1-3H3,(H,27,28,29,30)/t21-/m0/s1. The summed E-state index contributed by atoms with van der Waals surface area (Å²) in [7, 11) is 0. The Balaban J connectivity index is 1.45. The number of aryl methyl sites for hydroxylation is 2. The fourth-order valence-corrected chi connectivity index (χ4v) is 4.99. The molecule has 0 saturated carbocycles. The number of ether oxygens (including phenoxy) is 1. The topological polar surface area (TPSA) is 63.7 Å². The zero-order valence-electron chi connectivity index (χ0n) is 18.8. The Bertz CT molecular complexity index is 1220. The monoisotopic (exact) mass is 444 g/mol. The molecule has 0 aliphatic rings. The molecule has 32 heavy (non-hydrogen) atoms. The number of hydrogen-bond acceptors (Lipinski definition) is 5. The third-order valence-electron chi connectivity index (χ3n) is 5.58. The molecular weight excluding hydrogens is 416 g/mol. The molecule has 164 valence electrons. The molecule has 0 spiro atoms. The molecule has 0 fully saturated rings. The van der Waals surface area contributed by atoms with E-state index in [0.29, 0.717) is 18.9 Å². The predicted octanol–water partition coefficient (Wildman–Crippen LogP) is 5.99. The molecule has 0 amide bonds. The zero-order valence-corrected chi connectivity index (χ0v) is 19.6. The summed E-state index contributed by atoms with van der Waals surface area (Å²) < 4.78 is 7.52. The van der Waals surface area contributed by atoms with E-state index in [1.54, 1.807) is 0 Å². The van der Waals surface area contributed by atoms with E-state index < -0.39 is 0 Å². The van der Waals surface area contributed by atoms with Crippen molar-refractivity contribution in [3.8, 4) is 17.6 Å². The normalized spacial score (nSPS) is 11.8. The van der Waals surface area contributed by atoms with Crippen molar-refractivity contribution in [3.05, 3.63) is 69.9 Å². The van der Waals surface area contributed by atoms with E-state index in [-0.39, 0.29) is 5.92 Å². The minimum atomic E-state index is 0.0249. The van der Waals surface area contributed by atoms with E-state index in [2.05, 4.69) is 76.0 Å². The Morgan fingerprint density at radius 1 is 1.19 bits per heavy atom. The second-order valence-corrected chi connectivity index (χ2v) is 8.87. The largest absolute Gasteiger partial charge is 0.489 e. The van der Waals surface area contributed by atoms with Gasteiger partial charge in [-0.1, -0.05) is 42.7 Å². The van der Waals surface area contributed by atoms with Crippen LogP contribution in [0.1, 0.15) is 60.7 Å². The number of thiophene rings is 1. The molecule has 2 aromatic carbocycles. The molecule has 0 saturated heterocycles. The van der Waals surface area contributed by atoms with Gasteiger partial charge >= 0.3 is 0 Å². The summed E-state index contributed by atoms with van der Waals surface area (Å²) in [6, 6.07) is 12.7. The summed E-state index contributed by atoms with van der Waals surface area (Å²) >= 11 is 1.86. The number of unbranched alkanes of at least 4 members (excludes halogenated alkanes) is 1. The lowest BCUT2D eigenvalue weighted by atomic mass is 9.96. The number of rotatable bonds is 9. The van der Waals surface area contributed by atoms with Crippen LogP contribution in [0, 0.1) is 18.8 Å². The van der Waals surface area contributed by atoms with Crippen molar-refractivity contribution < 1.29 is 4.74 Å². The van der Waals surface area contributed by atoms with Crippen molar-refractivity contribution in [2.75, 3.05) is 0 Å². The second-order valence-electron chi connectivity index (χ2n) is 7.99. The molecule has 1 N–H and O–H groups in total. The molecule has 0 aliphatic carbocycles. The summed E-state index contributed by atoms with van der Waals surface area (Å²) in [6.07, 6.45) is 4.22. The van der Waals surface area contributed by atoms with Crippen LogP contribution >= 0.6 is 11.3 Å². The summed E-state index contributed by atoms with van der Waals surface area (Å²) in [5.74, 6) is 7.79. The van der Waals surface area contributed by atoms with E-state index in [4.69, 9.17) is 4.74 Å². The second kappa shape index (κ2) is 10.4. The number of fused-ring (bicyclic) bond motifs is 1. The van der Waals surface area contributed by atoms with Gasteiger partial charge in [-0.2, -0.15) is 5.21 Å². The molecule has 5 nitrogen and oxygen atoms in total. The SMILES string of the molecule is CC#C[C@@H](Cc1nn[nH]n1)c1ccc(OCc2cc(C)c3scc(CCCC)c3c2)cc1. The lowest BCUT2D eigenvalue weighted by Crippen LogP contribution is -2.03. The molecule has 4 rings (SSSR count). The van der Waals surface area contributed by atoms with Crippen molar-refractivity contribution in [1.29, 1.82) is 0 Å². The molecule has 6 heteroatoms. The van der Waals surface area contributed by atoms with Crippen molar-refractivity contribution in [3.63, 3.8) is 0 Å². The highest BCUT2D eigenvalue weighted by atomic mass is 32.1. The molecule has 0 unspecified atom stereocenters. The van der Waals surface area contributed by atoms with Gasteiger partial charge in [0.1, 0.15) is 12.4 Å². The van der Waals surface area contributed by atoms with E-state index in [1.165, 1.54) is 39.6 Å². The first kappa shape index (κ1) is 22.0. The van der Waals surface area contributed by atoms with Gasteiger partial charge in [-0.25, -0.2) is 0 Å². The van der Waals surface area contributed by atoms with Gasteiger partial charge in [0.25, 0.3) is 0 Å². The highest BCUT2D eigenvalue weighted by Gasteiger charge is 2.13. The lowest BCUT2D eigenvalue weighted by Gasteiger charge is -2.12. The summed E-state index contributed by atoms with van der Waals surface area (Å²) in [4.78, 5) is 0. The smallest absolute Gasteiger partial charge is 0.176 e. The van der Waals surface area contributed by atoms with Crippen LogP contribution in [0.4, 0.5) is 0 Å². The number of aromatic amines is 1. The first-order chi connectivity index (χ1) is 15.7. The van der Waals surface area contributed by atoms with Gasteiger partial charge in [0.05, 0.1) is 5.92 Å². The summed E-state index contributed by atoms with van der Waals surface area (Å²) in [5.41, 5.74) is 5.12. The van der Waals surface area contributed by atoms with Crippen LogP contribution in [0.15, 0.2) is 41.8 Å². The summed E-state index contributed by atoms with van der Waals surface area (Å²) in [5, 5.41) is 17.9. The van der Waals surface area contributed by atoms with Crippen molar-refractivity contribution in [2.45, 2.75) is 59.0 Å². The Labute approximate surface area is 193 Å². The number of benzene rings is 2. The molecule has 1 atom stereocenters. The van der Waals surface area contributed by atoms with Gasteiger partial charge in [0, 0.05) is 11.1 Å². The number of tetrazole rings is 1. The van der Waals surface area contributed by atoms with E-state index >= 15 is 0 Å². The van der Waals surface area contributed by atoms with Gasteiger partial charge in [-0.3, -0.25) is 0 Å². The van der Waals surface area contributed by atoms with Crippen molar-refractivity contribution >= 4 is 21.4 Å². The number of hydrogen-bond donors (Lipinski definition) is 1. The maximum atomic E-state index is 6.12. The first-order valence-electron chi connectivity index (χ1n) is 11.0. The number of nitrogens with one attached hydrogen (secondary N) is 1.